The van der Waals surface area contributed by atoms with Gasteiger partial charge in [0.1, 0.15) is 12.1 Å². The first-order valence-corrected chi connectivity index (χ1v) is 12.5. The Morgan fingerprint density at radius 2 is 1.61 bits per heavy atom. The van der Waals surface area contributed by atoms with Crippen LogP contribution in [0.5, 0.6) is 0 Å². The molecule has 4 atom stereocenters. The van der Waals surface area contributed by atoms with E-state index >= 15 is 0 Å². The van der Waals surface area contributed by atoms with Gasteiger partial charge in [-0.25, -0.2) is 0 Å². The highest BCUT2D eigenvalue weighted by molar-refractivity contribution is 5.93. The average Bonchev–Trinajstić information content (AvgIpc) is 2.83. The van der Waals surface area contributed by atoms with Gasteiger partial charge in [0.2, 0.25) is 17.7 Å². The molecule has 1 aromatic rings. The summed E-state index contributed by atoms with van der Waals surface area (Å²) in [6.45, 7) is 7.24. The monoisotopic (exact) mass is 458 g/mol. The molecular formula is C26H42N4O3. The number of hydrogen-bond acceptors (Lipinski definition) is 4. The molecule has 0 saturated carbocycles. The second-order valence-corrected chi connectivity index (χ2v) is 9.25. The quantitative estimate of drug-likeness (QED) is 0.647. The minimum atomic E-state index is -0.690. The molecule has 1 aliphatic heterocycles. The summed E-state index contributed by atoms with van der Waals surface area (Å²) in [7, 11) is 1.67. The van der Waals surface area contributed by atoms with Gasteiger partial charge in [0.25, 0.3) is 0 Å². The lowest BCUT2D eigenvalue weighted by Crippen LogP contribution is -2.57. The van der Waals surface area contributed by atoms with Crippen LogP contribution in [0.1, 0.15) is 64.9 Å². The Bertz CT molecular complexity index is 755. The molecular weight excluding hydrogens is 416 g/mol. The van der Waals surface area contributed by atoms with Crippen LogP contribution in [0.25, 0.3) is 0 Å². The molecule has 1 aromatic carbocycles. The van der Waals surface area contributed by atoms with Gasteiger partial charge in [-0.3, -0.25) is 14.4 Å². The maximum absolute atomic E-state index is 13.3. The van der Waals surface area contributed by atoms with Crippen molar-refractivity contribution >= 4 is 17.7 Å². The van der Waals surface area contributed by atoms with Gasteiger partial charge in [0.05, 0.1) is 6.04 Å². The van der Waals surface area contributed by atoms with Crippen LogP contribution >= 0.6 is 0 Å². The Kier molecular flexibility index (Phi) is 11.4. The molecule has 0 spiro atoms. The van der Waals surface area contributed by atoms with Crippen molar-refractivity contribution in [2.45, 2.75) is 83.8 Å². The van der Waals surface area contributed by atoms with Gasteiger partial charge in [0.15, 0.2) is 0 Å². The molecule has 184 valence electrons. The van der Waals surface area contributed by atoms with E-state index in [0.29, 0.717) is 13.0 Å². The summed E-state index contributed by atoms with van der Waals surface area (Å²) < 4.78 is 0. The molecule has 2 rings (SSSR count). The first-order valence-electron chi connectivity index (χ1n) is 12.5. The Balaban J connectivity index is 2.21. The molecule has 0 unspecified atom stereocenters. The first kappa shape index (κ1) is 26.8. The SMILES string of the molecule is CC[C@H](C)[C@@H]1NCCCCCCCNC(=O)[C@@H](Cc2ccccc2)NC(=O)[C@@H](C)N(C)C1=O. The van der Waals surface area contributed by atoms with Gasteiger partial charge in [-0.1, -0.05) is 69.9 Å². The van der Waals surface area contributed by atoms with Crippen molar-refractivity contribution in [3.8, 4) is 0 Å². The number of nitrogens with one attached hydrogen (secondary N) is 3. The number of rotatable bonds is 4. The number of carbonyl (C=O) groups is 3. The Hall–Kier alpha value is -2.41. The minimum Gasteiger partial charge on any atom is -0.354 e. The Morgan fingerprint density at radius 3 is 2.27 bits per heavy atom. The largest absolute Gasteiger partial charge is 0.354 e. The summed E-state index contributed by atoms with van der Waals surface area (Å²) in [5.74, 6) is -0.430. The molecule has 3 N–H and O–H groups in total. The summed E-state index contributed by atoms with van der Waals surface area (Å²) in [5.41, 5.74) is 0.974. The topological polar surface area (TPSA) is 90.5 Å². The number of amides is 3. The first-order chi connectivity index (χ1) is 15.8. The Labute approximate surface area is 199 Å². The highest BCUT2D eigenvalue weighted by atomic mass is 16.2. The number of nitrogens with zero attached hydrogens (tertiary/aromatic N) is 1. The summed E-state index contributed by atoms with van der Waals surface area (Å²) in [4.78, 5) is 40.8. The van der Waals surface area contributed by atoms with E-state index in [1.54, 1.807) is 14.0 Å². The lowest BCUT2D eigenvalue weighted by atomic mass is 9.97. The summed E-state index contributed by atoms with van der Waals surface area (Å²) in [5, 5.41) is 9.33. The smallest absolute Gasteiger partial charge is 0.243 e. The lowest BCUT2D eigenvalue weighted by molar-refractivity contribution is -0.141. The van der Waals surface area contributed by atoms with Gasteiger partial charge in [-0.15, -0.1) is 0 Å². The van der Waals surface area contributed by atoms with Crippen LogP contribution in [-0.2, 0) is 20.8 Å². The third kappa shape index (κ3) is 8.46. The maximum Gasteiger partial charge on any atom is 0.243 e. The fraction of sp³-hybridized carbons (Fsp3) is 0.654. The van der Waals surface area contributed by atoms with Gasteiger partial charge in [0, 0.05) is 20.0 Å². The van der Waals surface area contributed by atoms with E-state index in [9.17, 15) is 14.4 Å². The third-order valence-electron chi connectivity index (χ3n) is 6.72. The van der Waals surface area contributed by atoms with Crippen LogP contribution in [0, 0.1) is 5.92 Å². The molecule has 7 nitrogen and oxygen atoms in total. The molecule has 0 aliphatic carbocycles. The summed E-state index contributed by atoms with van der Waals surface area (Å²) in [6, 6.07) is 7.96. The van der Waals surface area contributed by atoms with E-state index in [4.69, 9.17) is 0 Å². The standard InChI is InChI=1S/C26H42N4O3/c1-5-19(2)23-26(33)30(4)20(3)24(31)29-22(18-21-14-10-9-11-15-21)25(32)28-17-13-8-6-7-12-16-27-23/h9-11,14-15,19-20,22-23,27H,5-8,12-13,16-18H2,1-4H3,(H,28,32)(H,29,31)/t19-,20+,22+,23-/m0/s1. The molecule has 1 heterocycles. The molecule has 1 aliphatic rings. The number of likely N-dealkylation sites (N-methyl/N-ethyl adjacent to an activating group) is 1. The van der Waals surface area contributed by atoms with Gasteiger partial charge < -0.3 is 20.9 Å². The third-order valence-corrected chi connectivity index (χ3v) is 6.72. The summed E-state index contributed by atoms with van der Waals surface area (Å²) in [6.07, 6.45) is 6.43. The second kappa shape index (κ2) is 14.0. The maximum atomic E-state index is 13.3. The van der Waals surface area contributed by atoms with Crippen LogP contribution in [0.4, 0.5) is 0 Å². The zero-order valence-electron chi connectivity index (χ0n) is 20.7. The van der Waals surface area contributed by atoms with Crippen molar-refractivity contribution in [3.63, 3.8) is 0 Å². The van der Waals surface area contributed by atoms with E-state index < -0.39 is 12.1 Å². The average molecular weight is 459 g/mol. The van der Waals surface area contributed by atoms with E-state index in [-0.39, 0.29) is 29.7 Å². The van der Waals surface area contributed by atoms with Crippen molar-refractivity contribution < 1.29 is 14.4 Å². The molecule has 0 bridgehead atoms. The van der Waals surface area contributed by atoms with Crippen LogP contribution in [0.15, 0.2) is 30.3 Å². The minimum absolute atomic E-state index is 0.0830. The van der Waals surface area contributed by atoms with E-state index in [1.165, 1.54) is 4.90 Å². The highest BCUT2D eigenvalue weighted by Gasteiger charge is 2.32. The number of benzene rings is 1. The zero-order chi connectivity index (χ0) is 24.2. The van der Waals surface area contributed by atoms with Gasteiger partial charge in [-0.05, 0) is 37.8 Å². The van der Waals surface area contributed by atoms with Crippen molar-refractivity contribution in [2.24, 2.45) is 5.92 Å². The predicted molar refractivity (Wildman–Crippen MR) is 132 cm³/mol. The van der Waals surface area contributed by atoms with E-state index in [2.05, 4.69) is 29.8 Å². The molecule has 1 fully saturated rings. The number of hydrogen-bond donors (Lipinski definition) is 3. The molecule has 3 amide bonds. The van der Waals surface area contributed by atoms with Crippen LogP contribution in [-0.4, -0.2) is 60.9 Å². The van der Waals surface area contributed by atoms with Crippen molar-refractivity contribution in [2.75, 3.05) is 20.1 Å². The molecule has 1 saturated heterocycles. The van der Waals surface area contributed by atoms with Crippen LogP contribution < -0.4 is 16.0 Å². The molecule has 7 heteroatoms. The number of carbonyl (C=O) groups excluding carboxylic acids is 3. The fourth-order valence-electron chi connectivity index (χ4n) is 4.08. The molecule has 0 radical (unpaired) electrons. The molecule has 33 heavy (non-hydrogen) atoms. The van der Waals surface area contributed by atoms with E-state index in [1.807, 2.05) is 30.3 Å². The van der Waals surface area contributed by atoms with Gasteiger partial charge >= 0.3 is 0 Å². The highest BCUT2D eigenvalue weighted by Crippen LogP contribution is 2.13. The normalized spacial score (nSPS) is 25.6. The van der Waals surface area contributed by atoms with Gasteiger partial charge in [-0.2, -0.15) is 0 Å². The molecule has 0 aromatic heterocycles. The second-order valence-electron chi connectivity index (χ2n) is 9.25. The summed E-state index contributed by atoms with van der Waals surface area (Å²) >= 11 is 0. The fourth-order valence-corrected chi connectivity index (χ4v) is 4.08. The van der Waals surface area contributed by atoms with Crippen molar-refractivity contribution in [1.82, 2.24) is 20.9 Å². The van der Waals surface area contributed by atoms with Crippen LogP contribution in [0.3, 0.4) is 0 Å². The van der Waals surface area contributed by atoms with Crippen molar-refractivity contribution in [1.29, 1.82) is 0 Å². The Morgan fingerprint density at radius 1 is 0.970 bits per heavy atom. The lowest BCUT2D eigenvalue weighted by Gasteiger charge is -2.32. The van der Waals surface area contributed by atoms with Crippen LogP contribution in [0.2, 0.25) is 0 Å². The van der Waals surface area contributed by atoms with Crippen molar-refractivity contribution in [3.05, 3.63) is 35.9 Å². The zero-order valence-corrected chi connectivity index (χ0v) is 20.7. The predicted octanol–water partition coefficient (Wildman–Crippen LogP) is 2.65. The van der Waals surface area contributed by atoms with E-state index in [0.717, 1.165) is 50.6 Å².